The smallest absolute Gasteiger partial charge is 0.400 e. The summed E-state index contributed by atoms with van der Waals surface area (Å²) in [5.41, 5.74) is 4.20. The first kappa shape index (κ1) is 87.5. The van der Waals surface area contributed by atoms with E-state index in [1.165, 1.54) is 38.3 Å². The number of benzene rings is 6. The molecule has 27 nitrogen and oxygen atoms in total. The number of hydrogen-bond donors (Lipinski definition) is 0. The molecule has 0 saturated carbocycles. The molecule has 0 atom stereocenters. The van der Waals surface area contributed by atoms with Crippen molar-refractivity contribution in [2.75, 3.05) is 19.0 Å². The second kappa shape index (κ2) is 49.1. The summed E-state index contributed by atoms with van der Waals surface area (Å²) in [7, 11) is -7.62. The number of furan rings is 1. The summed E-state index contributed by atoms with van der Waals surface area (Å²) in [6, 6.07) is 52.6. The summed E-state index contributed by atoms with van der Waals surface area (Å²) in [6.07, 6.45) is 4.62. The van der Waals surface area contributed by atoms with Crippen molar-refractivity contribution in [3.63, 3.8) is 0 Å². The Kier molecular flexibility index (Phi) is 41.7. The van der Waals surface area contributed by atoms with Gasteiger partial charge in [-0.2, -0.15) is 16.8 Å². The highest BCUT2D eigenvalue weighted by molar-refractivity contribution is 7.99. The van der Waals surface area contributed by atoms with E-state index in [4.69, 9.17) is 20.0 Å². The van der Waals surface area contributed by atoms with Crippen LogP contribution in [0.2, 0.25) is 0 Å². The average molecular weight is 1470 g/mol. The van der Waals surface area contributed by atoms with Gasteiger partial charge in [-0.15, -0.1) is 0 Å². The minimum absolute atomic E-state index is 0.0452. The standard InChI is InChI=1S/C26H27NO4S2.C11H13NO3.C10H13NO3S.C10H11NO2.C9H9NO4.C7H8N2O4/c1-2-3-4-11-20-33(29,30)31-27-25(21-12-7-5-8-13-21)26(28)22-16-18-24(19-17-22)32-23-14-9-6-10-15-23;1-3-14-9(2)12-15-11(13)10-7-5-4-6-8-10;1-8(2)11-14-15(12,13)10-6-4-9(3)5-7-10;1-8(2)11-13-10(12)9-6-4-3-5-7-9;1-6(7(2)11)10-14-9(12)8-4-3-5-13-8;1-4-12-7(11)6(8-3)9-13-5(2)10/h5-10,12-19H,2-4,11,20H2,1H3;4-8H,3H2,1-2H3;4-7H,1-3H3;3-7H,1-2H3;3-5H,1-2H3;4H2,1-2H3/b27-25+;12-9-;;;10-6-;9-6+. The lowest BCUT2D eigenvalue weighted by atomic mass is 10.0. The molecule has 0 aliphatic carbocycles. The molecule has 103 heavy (non-hydrogen) atoms. The van der Waals surface area contributed by atoms with Gasteiger partial charge < -0.3 is 33.2 Å². The van der Waals surface area contributed by atoms with Gasteiger partial charge in [0.25, 0.3) is 0 Å². The highest BCUT2D eigenvalue weighted by atomic mass is 32.2. The number of carbonyl (C=O) groups is 7. The maximum atomic E-state index is 13.2. The Balaban J connectivity index is 0.000000442. The molecule has 0 amide bonds. The molecule has 30 heteroatoms. The fourth-order valence-corrected chi connectivity index (χ4v) is 9.17. The number of unbranched alkanes of at least 4 members (excludes halogenated alkanes) is 3. The van der Waals surface area contributed by atoms with Crippen molar-refractivity contribution in [3.8, 4) is 0 Å². The zero-order valence-electron chi connectivity index (χ0n) is 58.9. The third-order valence-corrected chi connectivity index (χ3v) is 15.0. The van der Waals surface area contributed by atoms with Gasteiger partial charge in [0.15, 0.2) is 11.5 Å². The van der Waals surface area contributed by atoms with Gasteiger partial charge in [-0.05, 0) is 152 Å². The number of oxime groups is 6. The number of Topliss-reactive ketones (excluding diaryl/α,β-unsaturated/α-hetero) is 2. The Bertz CT molecular complexity index is 4270. The zero-order chi connectivity index (χ0) is 76.6. The number of esters is 1. The van der Waals surface area contributed by atoms with E-state index in [2.05, 4.69) is 71.1 Å². The van der Waals surface area contributed by atoms with Crippen molar-refractivity contribution in [2.24, 2.45) is 30.9 Å². The number of nitrogens with zero attached hydrogens (tertiary/aromatic N) is 7. The summed E-state index contributed by atoms with van der Waals surface area (Å²) in [6.45, 7) is 26.9. The molecule has 546 valence electrons. The normalized spacial score (nSPS) is 10.9. The van der Waals surface area contributed by atoms with Crippen LogP contribution in [0.25, 0.3) is 4.85 Å². The molecule has 1 heterocycles. The highest BCUT2D eigenvalue weighted by Crippen LogP contribution is 2.28. The molecule has 7 rings (SSSR count). The Morgan fingerprint density at radius 3 is 1.47 bits per heavy atom. The maximum Gasteiger partial charge on any atom is 0.400 e. The monoisotopic (exact) mass is 1470 g/mol. The van der Waals surface area contributed by atoms with E-state index < -0.39 is 61.7 Å². The molecule has 0 N–H and O–H groups in total. The van der Waals surface area contributed by atoms with Crippen LogP contribution in [0.3, 0.4) is 0 Å². The van der Waals surface area contributed by atoms with Crippen LogP contribution in [0.4, 0.5) is 0 Å². The number of rotatable bonds is 25. The molecular formula is C73H81N7O20S3. The minimum atomic E-state index is -3.87. The third-order valence-electron chi connectivity index (χ3n) is 11.7. The van der Waals surface area contributed by atoms with Gasteiger partial charge in [0.2, 0.25) is 17.4 Å². The van der Waals surface area contributed by atoms with E-state index in [0.717, 1.165) is 41.5 Å². The van der Waals surface area contributed by atoms with Crippen LogP contribution in [-0.2, 0) is 72.0 Å². The minimum Gasteiger partial charge on any atom is -0.479 e. The molecule has 0 radical (unpaired) electrons. The molecule has 6 aromatic carbocycles. The van der Waals surface area contributed by atoms with Crippen molar-refractivity contribution in [1.29, 1.82) is 0 Å². The second-order valence-corrected chi connectivity index (χ2v) is 25.2. The van der Waals surface area contributed by atoms with E-state index in [9.17, 15) is 50.4 Å². The van der Waals surface area contributed by atoms with Crippen molar-refractivity contribution in [1.82, 2.24) is 0 Å². The van der Waals surface area contributed by atoms with Crippen LogP contribution in [0.5, 0.6) is 0 Å². The van der Waals surface area contributed by atoms with Crippen molar-refractivity contribution < 1.29 is 92.2 Å². The van der Waals surface area contributed by atoms with Gasteiger partial charge in [0.1, 0.15) is 10.6 Å². The summed E-state index contributed by atoms with van der Waals surface area (Å²) in [4.78, 5) is 101. The van der Waals surface area contributed by atoms with Gasteiger partial charge in [-0.1, -0.05) is 168 Å². The highest BCUT2D eigenvalue weighted by Gasteiger charge is 2.21. The fourth-order valence-electron chi connectivity index (χ4n) is 6.71. The number of ether oxygens (including phenoxy) is 2. The van der Waals surface area contributed by atoms with Crippen LogP contribution >= 0.6 is 11.8 Å². The number of carbonyl (C=O) groups excluding carboxylic acids is 7. The number of ketones is 2. The van der Waals surface area contributed by atoms with Crippen molar-refractivity contribution in [2.45, 2.75) is 123 Å². The lowest BCUT2D eigenvalue weighted by molar-refractivity contribution is -0.141. The zero-order valence-corrected chi connectivity index (χ0v) is 61.3. The maximum absolute atomic E-state index is 13.2. The number of hydrogen-bond acceptors (Lipinski definition) is 27. The Morgan fingerprint density at radius 1 is 0.485 bits per heavy atom. The molecule has 0 saturated heterocycles. The predicted octanol–water partition coefficient (Wildman–Crippen LogP) is 14.6. The van der Waals surface area contributed by atoms with Gasteiger partial charge in [-0.3, -0.25) is 23.0 Å². The predicted molar refractivity (Wildman–Crippen MR) is 389 cm³/mol. The topological polar surface area (TPSA) is 353 Å². The van der Waals surface area contributed by atoms with E-state index in [0.29, 0.717) is 52.6 Å². The van der Waals surface area contributed by atoms with Crippen molar-refractivity contribution in [3.05, 3.63) is 233 Å². The average Bonchev–Trinajstić information content (AvgIpc) is 1.18. The van der Waals surface area contributed by atoms with E-state index in [1.54, 1.807) is 156 Å². The second-order valence-electron chi connectivity index (χ2n) is 20.8. The Hall–Kier alpha value is -11.6. The van der Waals surface area contributed by atoms with Crippen LogP contribution in [0.15, 0.2) is 238 Å². The Labute approximate surface area is 603 Å². The SMILES string of the molecule is CC(=O)/C(C)=N\OC(=O)c1ccco1.CC(C)=NOC(=O)c1ccccc1.CC(C)=NOS(=O)(=O)c1ccc(C)cc1.CCCCCCS(=O)(=O)O/N=C(/C(=O)c1ccc(Sc2ccccc2)cc1)c1ccccc1.CCO/C(C)=N\OC(=O)c1ccccc1.[C-]#[N+]/C(=N/OC(C)=O)C(=O)OCC. The molecule has 1 aromatic heterocycles. The van der Waals surface area contributed by atoms with Gasteiger partial charge in [-0.25, -0.2) is 24.0 Å². The van der Waals surface area contributed by atoms with Gasteiger partial charge in [0.05, 0.1) is 52.9 Å². The first-order chi connectivity index (χ1) is 49.1. The molecule has 0 spiro atoms. The fraction of sp³-hybridized carbons (Fsp3) is 0.260. The molecule has 0 unspecified atom stereocenters. The molecule has 0 aliphatic heterocycles. The van der Waals surface area contributed by atoms with Crippen LogP contribution in [0.1, 0.15) is 155 Å². The summed E-state index contributed by atoms with van der Waals surface area (Å²) in [5, 5.41) is 20.7. The number of amidine groups is 1. The van der Waals surface area contributed by atoms with E-state index in [1.807, 2.05) is 74.5 Å². The first-order valence-electron chi connectivity index (χ1n) is 31.3. The third kappa shape index (κ3) is 38.0. The van der Waals surface area contributed by atoms with Gasteiger partial charge in [0, 0.05) is 41.7 Å². The molecule has 7 aromatic rings. The summed E-state index contributed by atoms with van der Waals surface area (Å²) < 4.78 is 71.2. The largest absolute Gasteiger partial charge is 0.479 e. The van der Waals surface area contributed by atoms with E-state index in [-0.39, 0.29) is 40.2 Å². The number of aryl methyl sites for hydroxylation is 1. The Morgan fingerprint density at radius 2 is 0.990 bits per heavy atom. The molecule has 0 bridgehead atoms. The summed E-state index contributed by atoms with van der Waals surface area (Å²) >= 11 is 1.59. The summed E-state index contributed by atoms with van der Waals surface area (Å²) in [5.74, 6) is -4.26. The molecular weight excluding hydrogens is 1390 g/mol. The quantitative estimate of drug-likeness (QED) is 0.00749. The molecule has 0 fully saturated rings. The van der Waals surface area contributed by atoms with Crippen molar-refractivity contribution >= 4 is 108 Å². The van der Waals surface area contributed by atoms with E-state index >= 15 is 0 Å². The lowest BCUT2D eigenvalue weighted by Gasteiger charge is -2.08. The first-order valence-corrected chi connectivity index (χ1v) is 35.1. The van der Waals surface area contributed by atoms with Gasteiger partial charge >= 0.3 is 55.9 Å². The van der Waals surface area contributed by atoms with Crippen LogP contribution < -0.4 is 0 Å². The van der Waals surface area contributed by atoms with Crippen LogP contribution in [0, 0.1) is 13.5 Å². The lowest BCUT2D eigenvalue weighted by Crippen LogP contribution is -2.18. The van der Waals surface area contributed by atoms with Crippen LogP contribution in [-0.4, -0.2) is 112 Å². The molecule has 0 aliphatic rings.